The molecule has 1 aliphatic carbocycles. The van der Waals surface area contributed by atoms with E-state index in [4.69, 9.17) is 10.5 Å². The second-order valence-corrected chi connectivity index (χ2v) is 6.33. The Labute approximate surface area is 104 Å². The highest BCUT2D eigenvalue weighted by Crippen LogP contribution is 2.52. The maximum absolute atomic E-state index is 6.51. The molecule has 17 heavy (non-hydrogen) atoms. The van der Waals surface area contributed by atoms with Crippen LogP contribution in [0.25, 0.3) is 0 Å². The van der Waals surface area contributed by atoms with Gasteiger partial charge in [0.05, 0.1) is 7.11 Å². The van der Waals surface area contributed by atoms with Crippen LogP contribution in [-0.2, 0) is 5.54 Å². The number of methoxy groups -OCH3 is 1. The van der Waals surface area contributed by atoms with Gasteiger partial charge in [-0.15, -0.1) is 0 Å². The Hall–Kier alpha value is -1.02. The van der Waals surface area contributed by atoms with Crippen LogP contribution in [0, 0.1) is 11.3 Å². The summed E-state index contributed by atoms with van der Waals surface area (Å²) < 4.78 is 5.41. The van der Waals surface area contributed by atoms with Gasteiger partial charge in [0, 0.05) is 11.1 Å². The molecule has 2 rings (SSSR count). The quantitative estimate of drug-likeness (QED) is 0.850. The lowest BCUT2D eigenvalue weighted by Crippen LogP contribution is -2.52. The molecule has 0 saturated heterocycles. The van der Waals surface area contributed by atoms with E-state index in [1.165, 1.54) is 0 Å². The van der Waals surface area contributed by atoms with Crippen LogP contribution in [0.5, 0.6) is 5.75 Å². The van der Waals surface area contributed by atoms with Crippen molar-refractivity contribution in [2.75, 3.05) is 7.11 Å². The fourth-order valence-electron chi connectivity index (χ4n) is 2.71. The van der Waals surface area contributed by atoms with E-state index in [2.05, 4.69) is 26.8 Å². The van der Waals surface area contributed by atoms with Gasteiger partial charge in [0.2, 0.25) is 0 Å². The SMILES string of the molecule is COc1ccccc1C1(N)CC(C(C)(C)C)C1. The van der Waals surface area contributed by atoms with Gasteiger partial charge in [-0.3, -0.25) is 0 Å². The Balaban J connectivity index is 2.20. The summed E-state index contributed by atoms with van der Waals surface area (Å²) in [6.45, 7) is 6.87. The third kappa shape index (κ3) is 2.19. The molecule has 0 aromatic heterocycles. The first-order valence-corrected chi connectivity index (χ1v) is 6.29. The summed E-state index contributed by atoms with van der Waals surface area (Å²) in [5.74, 6) is 1.62. The third-order valence-corrected chi connectivity index (χ3v) is 4.09. The van der Waals surface area contributed by atoms with Gasteiger partial charge in [0.25, 0.3) is 0 Å². The lowest BCUT2D eigenvalue weighted by molar-refractivity contribution is 0.0474. The van der Waals surface area contributed by atoms with Crippen LogP contribution >= 0.6 is 0 Å². The average molecular weight is 233 g/mol. The minimum absolute atomic E-state index is 0.190. The highest BCUT2D eigenvalue weighted by atomic mass is 16.5. The van der Waals surface area contributed by atoms with Crippen molar-refractivity contribution in [1.82, 2.24) is 0 Å². The molecule has 0 unspecified atom stereocenters. The summed E-state index contributed by atoms with van der Waals surface area (Å²) in [7, 11) is 1.71. The predicted octanol–water partition coefficient (Wildman–Crippen LogP) is 3.31. The van der Waals surface area contributed by atoms with Crippen LogP contribution in [0.1, 0.15) is 39.2 Å². The molecule has 0 spiro atoms. The van der Waals surface area contributed by atoms with E-state index in [1.807, 2.05) is 18.2 Å². The van der Waals surface area contributed by atoms with Gasteiger partial charge < -0.3 is 10.5 Å². The van der Waals surface area contributed by atoms with Crippen LogP contribution in [-0.4, -0.2) is 7.11 Å². The van der Waals surface area contributed by atoms with Crippen molar-refractivity contribution in [3.63, 3.8) is 0 Å². The fourth-order valence-corrected chi connectivity index (χ4v) is 2.71. The maximum atomic E-state index is 6.51. The number of para-hydroxylation sites is 1. The molecule has 0 atom stereocenters. The zero-order chi connectivity index (χ0) is 12.7. The first kappa shape index (κ1) is 12.4. The van der Waals surface area contributed by atoms with E-state index in [0.29, 0.717) is 11.3 Å². The molecule has 0 radical (unpaired) electrons. The number of nitrogens with two attached hydrogens (primary N) is 1. The molecule has 0 amide bonds. The van der Waals surface area contributed by atoms with Crippen LogP contribution in [0.4, 0.5) is 0 Å². The summed E-state index contributed by atoms with van der Waals surface area (Å²) in [5, 5.41) is 0. The second kappa shape index (κ2) is 4.02. The minimum Gasteiger partial charge on any atom is -0.496 e. The largest absolute Gasteiger partial charge is 0.496 e. The van der Waals surface area contributed by atoms with E-state index < -0.39 is 0 Å². The maximum Gasteiger partial charge on any atom is 0.123 e. The standard InChI is InChI=1S/C15H23NO/c1-14(2,3)11-9-15(16,10-11)12-7-5-6-8-13(12)17-4/h5-8,11H,9-10,16H2,1-4H3. The van der Waals surface area contributed by atoms with Crippen LogP contribution < -0.4 is 10.5 Å². The van der Waals surface area contributed by atoms with E-state index in [0.717, 1.165) is 24.2 Å². The summed E-state index contributed by atoms with van der Waals surface area (Å²) in [6, 6.07) is 8.12. The molecule has 2 heteroatoms. The number of rotatable bonds is 2. The molecule has 0 heterocycles. The predicted molar refractivity (Wildman–Crippen MR) is 71.0 cm³/mol. The van der Waals surface area contributed by atoms with Gasteiger partial charge >= 0.3 is 0 Å². The molecule has 1 saturated carbocycles. The molecule has 1 aromatic carbocycles. The highest BCUT2D eigenvalue weighted by molar-refractivity contribution is 5.40. The monoisotopic (exact) mass is 233 g/mol. The summed E-state index contributed by atoms with van der Waals surface area (Å²) in [6.07, 6.45) is 2.10. The molecule has 0 bridgehead atoms. The Bertz CT molecular complexity index is 400. The third-order valence-electron chi connectivity index (χ3n) is 4.09. The average Bonchev–Trinajstić information content (AvgIpc) is 2.23. The highest BCUT2D eigenvalue weighted by Gasteiger charge is 2.47. The molecule has 94 valence electrons. The van der Waals surface area contributed by atoms with Crippen molar-refractivity contribution < 1.29 is 4.74 Å². The van der Waals surface area contributed by atoms with E-state index in [1.54, 1.807) is 7.11 Å². The number of benzene rings is 1. The Morgan fingerprint density at radius 3 is 2.35 bits per heavy atom. The molecular weight excluding hydrogens is 210 g/mol. The summed E-state index contributed by atoms with van der Waals surface area (Å²) in [5.41, 5.74) is 7.83. The van der Waals surface area contributed by atoms with E-state index in [9.17, 15) is 0 Å². The Morgan fingerprint density at radius 2 is 1.82 bits per heavy atom. The first-order chi connectivity index (χ1) is 7.87. The Morgan fingerprint density at radius 1 is 1.24 bits per heavy atom. The van der Waals surface area contributed by atoms with Crippen LogP contribution in [0.15, 0.2) is 24.3 Å². The lowest BCUT2D eigenvalue weighted by atomic mass is 9.57. The molecule has 2 N–H and O–H groups in total. The molecular formula is C15H23NO. The fraction of sp³-hybridized carbons (Fsp3) is 0.600. The summed E-state index contributed by atoms with van der Waals surface area (Å²) in [4.78, 5) is 0. The Kier molecular flexibility index (Phi) is 2.94. The molecule has 0 aliphatic heterocycles. The van der Waals surface area contributed by atoms with Crippen LogP contribution in [0.3, 0.4) is 0 Å². The number of hydrogen-bond acceptors (Lipinski definition) is 2. The van der Waals surface area contributed by atoms with Crippen molar-refractivity contribution in [2.45, 2.75) is 39.2 Å². The van der Waals surface area contributed by atoms with Gasteiger partial charge in [-0.25, -0.2) is 0 Å². The molecule has 1 fully saturated rings. The van der Waals surface area contributed by atoms with Crippen molar-refractivity contribution in [3.8, 4) is 5.75 Å². The smallest absolute Gasteiger partial charge is 0.123 e. The van der Waals surface area contributed by atoms with E-state index in [-0.39, 0.29) is 5.54 Å². The van der Waals surface area contributed by atoms with Crippen molar-refractivity contribution in [3.05, 3.63) is 29.8 Å². The van der Waals surface area contributed by atoms with Gasteiger partial charge in [-0.2, -0.15) is 0 Å². The van der Waals surface area contributed by atoms with Gasteiger partial charge in [-0.05, 0) is 30.2 Å². The van der Waals surface area contributed by atoms with Crippen molar-refractivity contribution in [1.29, 1.82) is 0 Å². The zero-order valence-corrected chi connectivity index (χ0v) is 11.3. The minimum atomic E-state index is -0.190. The van der Waals surface area contributed by atoms with E-state index >= 15 is 0 Å². The van der Waals surface area contributed by atoms with Crippen molar-refractivity contribution in [2.24, 2.45) is 17.1 Å². The molecule has 2 nitrogen and oxygen atoms in total. The van der Waals surface area contributed by atoms with Gasteiger partial charge in [-0.1, -0.05) is 39.0 Å². The lowest BCUT2D eigenvalue weighted by Gasteiger charge is -2.51. The summed E-state index contributed by atoms with van der Waals surface area (Å²) >= 11 is 0. The molecule has 1 aromatic rings. The van der Waals surface area contributed by atoms with Gasteiger partial charge in [0.1, 0.15) is 5.75 Å². The zero-order valence-electron chi connectivity index (χ0n) is 11.3. The van der Waals surface area contributed by atoms with Gasteiger partial charge in [0.15, 0.2) is 0 Å². The number of ether oxygens (including phenoxy) is 1. The topological polar surface area (TPSA) is 35.2 Å². The normalized spacial score (nSPS) is 28.6. The molecule has 1 aliphatic rings. The van der Waals surface area contributed by atoms with Crippen LogP contribution in [0.2, 0.25) is 0 Å². The number of hydrogen-bond donors (Lipinski definition) is 1. The first-order valence-electron chi connectivity index (χ1n) is 6.29. The second-order valence-electron chi connectivity index (χ2n) is 6.33. The van der Waals surface area contributed by atoms with Crippen molar-refractivity contribution >= 4 is 0 Å².